The highest BCUT2D eigenvalue weighted by atomic mass is 16.5. The van der Waals surface area contributed by atoms with Gasteiger partial charge in [-0.15, -0.1) is 6.42 Å². The SMILES string of the molecule is C#CCNC(=O)COC(=O)C1CCCCC1. The van der Waals surface area contributed by atoms with Gasteiger partial charge in [-0.3, -0.25) is 9.59 Å². The van der Waals surface area contributed by atoms with Crippen molar-refractivity contribution < 1.29 is 14.3 Å². The molecule has 0 atom stereocenters. The molecule has 0 aromatic heterocycles. The van der Waals surface area contributed by atoms with Crippen molar-refractivity contribution >= 4 is 11.9 Å². The number of nitrogens with one attached hydrogen (secondary N) is 1. The monoisotopic (exact) mass is 223 g/mol. The van der Waals surface area contributed by atoms with Crippen LogP contribution in [-0.4, -0.2) is 25.0 Å². The highest BCUT2D eigenvalue weighted by Gasteiger charge is 2.22. The molecule has 1 rings (SSSR count). The topological polar surface area (TPSA) is 55.4 Å². The fraction of sp³-hybridized carbons (Fsp3) is 0.667. The molecule has 1 amide bonds. The molecule has 0 heterocycles. The zero-order valence-electron chi connectivity index (χ0n) is 9.33. The van der Waals surface area contributed by atoms with Gasteiger partial charge in [0, 0.05) is 0 Å². The first-order chi connectivity index (χ1) is 7.74. The number of carbonyl (C=O) groups excluding carboxylic acids is 2. The molecule has 1 N–H and O–H groups in total. The van der Waals surface area contributed by atoms with Gasteiger partial charge in [0.05, 0.1) is 12.5 Å². The Labute approximate surface area is 95.7 Å². The molecule has 0 aromatic rings. The van der Waals surface area contributed by atoms with Crippen LogP contribution in [0, 0.1) is 18.3 Å². The van der Waals surface area contributed by atoms with E-state index in [1.54, 1.807) is 0 Å². The van der Waals surface area contributed by atoms with Crippen LogP contribution >= 0.6 is 0 Å². The molecule has 0 saturated heterocycles. The predicted molar refractivity (Wildman–Crippen MR) is 59.4 cm³/mol. The Hall–Kier alpha value is -1.50. The minimum absolute atomic E-state index is 0.0193. The molecule has 0 radical (unpaired) electrons. The van der Waals surface area contributed by atoms with Crippen molar-refractivity contribution in [2.45, 2.75) is 32.1 Å². The standard InChI is InChI=1S/C12H17NO3/c1-2-8-13-11(14)9-16-12(15)10-6-4-3-5-7-10/h1,10H,3-9H2,(H,13,14). The first-order valence-corrected chi connectivity index (χ1v) is 5.61. The molecule has 0 spiro atoms. The third-order valence-electron chi connectivity index (χ3n) is 2.67. The molecule has 1 aliphatic rings. The van der Waals surface area contributed by atoms with Crippen LogP contribution in [0.2, 0.25) is 0 Å². The summed E-state index contributed by atoms with van der Waals surface area (Å²) in [5.74, 6) is 1.66. The van der Waals surface area contributed by atoms with Gasteiger partial charge in [-0.1, -0.05) is 25.2 Å². The molecule has 88 valence electrons. The Morgan fingerprint density at radius 3 is 2.62 bits per heavy atom. The second-order valence-corrected chi connectivity index (χ2v) is 3.92. The Bertz CT molecular complexity index is 287. The van der Waals surface area contributed by atoms with E-state index >= 15 is 0 Å². The third-order valence-corrected chi connectivity index (χ3v) is 2.67. The van der Waals surface area contributed by atoms with E-state index in [1.807, 2.05) is 0 Å². The largest absolute Gasteiger partial charge is 0.455 e. The van der Waals surface area contributed by atoms with Gasteiger partial charge < -0.3 is 10.1 Å². The molecule has 1 saturated carbocycles. The van der Waals surface area contributed by atoms with Crippen molar-refractivity contribution in [2.75, 3.05) is 13.2 Å². The van der Waals surface area contributed by atoms with Crippen molar-refractivity contribution in [1.82, 2.24) is 5.32 Å². The van der Waals surface area contributed by atoms with E-state index in [1.165, 1.54) is 6.42 Å². The van der Waals surface area contributed by atoms with Crippen LogP contribution in [0.1, 0.15) is 32.1 Å². The van der Waals surface area contributed by atoms with E-state index in [0.29, 0.717) is 0 Å². The summed E-state index contributed by atoms with van der Waals surface area (Å²) in [4.78, 5) is 22.6. The summed E-state index contributed by atoms with van der Waals surface area (Å²) >= 11 is 0. The summed E-state index contributed by atoms with van der Waals surface area (Å²) in [5, 5.41) is 2.44. The molecule has 1 aliphatic carbocycles. The lowest BCUT2D eigenvalue weighted by Gasteiger charge is -2.19. The van der Waals surface area contributed by atoms with Gasteiger partial charge in [0.1, 0.15) is 0 Å². The van der Waals surface area contributed by atoms with Gasteiger partial charge in [-0.25, -0.2) is 0 Å². The Morgan fingerprint density at radius 1 is 1.31 bits per heavy atom. The minimum atomic E-state index is -0.345. The minimum Gasteiger partial charge on any atom is -0.455 e. The molecule has 0 aliphatic heterocycles. The molecular weight excluding hydrogens is 206 g/mol. The second kappa shape index (κ2) is 6.89. The lowest BCUT2D eigenvalue weighted by atomic mass is 9.89. The average molecular weight is 223 g/mol. The van der Waals surface area contributed by atoms with E-state index < -0.39 is 0 Å². The molecule has 0 unspecified atom stereocenters. The number of amides is 1. The van der Waals surface area contributed by atoms with Gasteiger partial charge >= 0.3 is 5.97 Å². The van der Waals surface area contributed by atoms with E-state index in [9.17, 15) is 9.59 Å². The Kier molecular flexibility index (Phi) is 5.41. The number of hydrogen-bond acceptors (Lipinski definition) is 3. The summed E-state index contributed by atoms with van der Waals surface area (Å²) in [5.41, 5.74) is 0. The van der Waals surface area contributed by atoms with Gasteiger partial charge in [0.25, 0.3) is 5.91 Å². The predicted octanol–water partition coefficient (Wildman–Crippen LogP) is 0.859. The normalized spacial score (nSPS) is 16.2. The zero-order valence-corrected chi connectivity index (χ0v) is 9.33. The maximum Gasteiger partial charge on any atom is 0.309 e. The zero-order chi connectivity index (χ0) is 11.8. The number of terminal acetylenes is 1. The van der Waals surface area contributed by atoms with E-state index in [2.05, 4.69) is 11.2 Å². The van der Waals surface area contributed by atoms with Crippen LogP contribution in [0.25, 0.3) is 0 Å². The third kappa shape index (κ3) is 4.35. The molecule has 4 nitrogen and oxygen atoms in total. The Balaban J connectivity index is 2.18. The molecule has 0 aromatic carbocycles. The maximum atomic E-state index is 11.5. The van der Waals surface area contributed by atoms with Crippen LogP contribution in [0.4, 0.5) is 0 Å². The van der Waals surface area contributed by atoms with Gasteiger partial charge in [-0.2, -0.15) is 0 Å². The van der Waals surface area contributed by atoms with Crippen LogP contribution in [-0.2, 0) is 14.3 Å². The van der Waals surface area contributed by atoms with Crippen molar-refractivity contribution in [3.05, 3.63) is 0 Å². The number of ether oxygens (including phenoxy) is 1. The van der Waals surface area contributed by atoms with E-state index in [-0.39, 0.29) is 30.9 Å². The van der Waals surface area contributed by atoms with Crippen LogP contribution in [0.3, 0.4) is 0 Å². The summed E-state index contributed by atoms with van der Waals surface area (Å²) in [6.07, 6.45) is 10.1. The lowest BCUT2D eigenvalue weighted by molar-refractivity contribution is -0.153. The fourth-order valence-corrected chi connectivity index (χ4v) is 1.79. The van der Waals surface area contributed by atoms with Gasteiger partial charge in [-0.05, 0) is 12.8 Å². The first kappa shape index (κ1) is 12.6. The highest BCUT2D eigenvalue weighted by Crippen LogP contribution is 2.24. The summed E-state index contributed by atoms with van der Waals surface area (Å²) in [7, 11) is 0. The number of esters is 1. The van der Waals surface area contributed by atoms with Gasteiger partial charge in [0.15, 0.2) is 6.61 Å². The van der Waals surface area contributed by atoms with Crippen LogP contribution in [0.5, 0.6) is 0 Å². The van der Waals surface area contributed by atoms with Crippen molar-refractivity contribution in [3.8, 4) is 12.3 Å². The lowest BCUT2D eigenvalue weighted by Crippen LogP contribution is -2.31. The average Bonchev–Trinajstić information content (AvgIpc) is 2.34. The van der Waals surface area contributed by atoms with E-state index in [0.717, 1.165) is 25.7 Å². The maximum absolute atomic E-state index is 11.5. The van der Waals surface area contributed by atoms with Crippen LogP contribution in [0.15, 0.2) is 0 Å². The summed E-state index contributed by atoms with van der Waals surface area (Å²) < 4.78 is 4.92. The molecular formula is C12H17NO3. The van der Waals surface area contributed by atoms with E-state index in [4.69, 9.17) is 11.2 Å². The van der Waals surface area contributed by atoms with Crippen molar-refractivity contribution in [1.29, 1.82) is 0 Å². The molecule has 16 heavy (non-hydrogen) atoms. The first-order valence-electron chi connectivity index (χ1n) is 5.61. The van der Waals surface area contributed by atoms with Crippen LogP contribution < -0.4 is 5.32 Å². The van der Waals surface area contributed by atoms with Gasteiger partial charge in [0.2, 0.25) is 0 Å². The quantitative estimate of drug-likeness (QED) is 0.568. The summed E-state index contributed by atoms with van der Waals surface area (Å²) in [6, 6.07) is 0. The van der Waals surface area contributed by atoms with Crippen molar-refractivity contribution in [3.63, 3.8) is 0 Å². The number of hydrogen-bond donors (Lipinski definition) is 1. The molecule has 4 heteroatoms. The number of carbonyl (C=O) groups is 2. The molecule has 0 bridgehead atoms. The summed E-state index contributed by atoms with van der Waals surface area (Å²) in [6.45, 7) is -0.0587. The van der Waals surface area contributed by atoms with Crippen molar-refractivity contribution in [2.24, 2.45) is 5.92 Å². The highest BCUT2D eigenvalue weighted by molar-refractivity contribution is 5.81. The Morgan fingerprint density at radius 2 is 2.00 bits per heavy atom. The number of rotatable bonds is 4. The smallest absolute Gasteiger partial charge is 0.309 e. The second-order valence-electron chi connectivity index (χ2n) is 3.92. The fourth-order valence-electron chi connectivity index (χ4n) is 1.79. The molecule has 1 fully saturated rings.